The highest BCUT2D eigenvalue weighted by molar-refractivity contribution is 6.42. The molecule has 0 aliphatic rings. The Kier molecular flexibility index (Phi) is 4.63. The van der Waals surface area contributed by atoms with E-state index in [1.807, 2.05) is 6.07 Å². The number of rotatable bonds is 3. The van der Waals surface area contributed by atoms with Crippen LogP contribution in [0.1, 0.15) is 11.1 Å². The maximum Gasteiger partial charge on any atom is 0.249 e. The molecular weight excluding hydrogens is 311 g/mol. The fourth-order valence-electron chi connectivity index (χ4n) is 1.61. The van der Waals surface area contributed by atoms with E-state index in [0.29, 0.717) is 21.4 Å². The van der Waals surface area contributed by atoms with Gasteiger partial charge in [-0.25, -0.2) is 0 Å². The molecule has 7 heteroatoms. The summed E-state index contributed by atoms with van der Waals surface area (Å²) in [7, 11) is 1.64. The molecule has 21 heavy (non-hydrogen) atoms. The average molecular weight is 321 g/mol. The first-order valence-corrected chi connectivity index (χ1v) is 6.63. The van der Waals surface area contributed by atoms with Gasteiger partial charge in [-0.05, 0) is 23.8 Å². The highest BCUT2D eigenvalue weighted by Gasteiger charge is 2.09. The van der Waals surface area contributed by atoms with E-state index in [2.05, 4.69) is 10.4 Å². The van der Waals surface area contributed by atoms with Gasteiger partial charge in [0.1, 0.15) is 17.5 Å². The summed E-state index contributed by atoms with van der Waals surface area (Å²) in [6.45, 7) is 0. The van der Waals surface area contributed by atoms with Crippen LogP contribution >= 0.6 is 23.2 Å². The van der Waals surface area contributed by atoms with Crippen molar-refractivity contribution in [3.8, 4) is 6.07 Å². The second kappa shape index (κ2) is 6.44. The quantitative estimate of drug-likeness (QED) is 0.882. The monoisotopic (exact) mass is 320 g/mol. The molecule has 1 aromatic carbocycles. The van der Waals surface area contributed by atoms with Crippen LogP contribution in [0.25, 0.3) is 6.08 Å². The number of amides is 1. The number of benzene rings is 1. The normalized spacial score (nSPS) is 10.6. The summed E-state index contributed by atoms with van der Waals surface area (Å²) >= 11 is 11.7. The van der Waals surface area contributed by atoms with Gasteiger partial charge in [0.2, 0.25) is 5.91 Å². The van der Waals surface area contributed by atoms with Gasteiger partial charge in [-0.15, -0.1) is 0 Å². The molecule has 0 aliphatic heterocycles. The van der Waals surface area contributed by atoms with Gasteiger partial charge in [-0.3, -0.25) is 9.48 Å². The molecule has 0 atom stereocenters. The van der Waals surface area contributed by atoms with Crippen LogP contribution in [0, 0.1) is 11.3 Å². The zero-order valence-electron chi connectivity index (χ0n) is 11.0. The summed E-state index contributed by atoms with van der Waals surface area (Å²) in [5, 5.41) is 16.3. The van der Waals surface area contributed by atoms with Crippen molar-refractivity contribution < 1.29 is 4.79 Å². The molecule has 0 unspecified atom stereocenters. The van der Waals surface area contributed by atoms with Crippen molar-refractivity contribution in [3.05, 3.63) is 51.6 Å². The summed E-state index contributed by atoms with van der Waals surface area (Å²) in [5.41, 5.74) is 1.04. The molecule has 2 rings (SSSR count). The molecule has 5 nitrogen and oxygen atoms in total. The van der Waals surface area contributed by atoms with Gasteiger partial charge < -0.3 is 5.32 Å². The first-order valence-electron chi connectivity index (χ1n) is 5.87. The molecule has 0 aliphatic carbocycles. The molecule has 1 aromatic heterocycles. The minimum Gasteiger partial charge on any atom is -0.306 e. The Morgan fingerprint density at radius 1 is 1.43 bits per heavy atom. The van der Waals surface area contributed by atoms with E-state index in [4.69, 9.17) is 28.5 Å². The van der Waals surface area contributed by atoms with Gasteiger partial charge in [0.25, 0.3) is 0 Å². The lowest BCUT2D eigenvalue weighted by Gasteiger charge is -2.03. The number of anilines is 1. The van der Waals surface area contributed by atoms with Crippen LogP contribution in [-0.2, 0) is 11.8 Å². The number of nitriles is 1. The first-order chi connectivity index (χ1) is 10.0. The fourth-order valence-corrected chi connectivity index (χ4v) is 1.92. The molecule has 2 aromatic rings. The van der Waals surface area contributed by atoms with Crippen LogP contribution in [0.4, 0.5) is 5.82 Å². The van der Waals surface area contributed by atoms with Gasteiger partial charge in [0.05, 0.1) is 16.2 Å². The van der Waals surface area contributed by atoms with Crippen LogP contribution < -0.4 is 5.32 Å². The number of hydrogen-bond acceptors (Lipinski definition) is 3. The smallest absolute Gasteiger partial charge is 0.249 e. The molecule has 106 valence electrons. The number of hydrogen-bond donors (Lipinski definition) is 1. The number of aryl methyl sites for hydroxylation is 1. The second-order valence-electron chi connectivity index (χ2n) is 4.14. The van der Waals surface area contributed by atoms with Crippen LogP contribution in [0.3, 0.4) is 0 Å². The Bertz CT molecular complexity index is 759. The third-order valence-electron chi connectivity index (χ3n) is 2.67. The minimum atomic E-state index is -0.374. The first kappa shape index (κ1) is 15.1. The number of nitrogens with zero attached hydrogens (tertiary/aromatic N) is 3. The van der Waals surface area contributed by atoms with E-state index in [1.165, 1.54) is 17.0 Å². The summed E-state index contributed by atoms with van der Waals surface area (Å²) in [5.74, 6) is -0.0255. The topological polar surface area (TPSA) is 70.7 Å². The molecule has 0 radical (unpaired) electrons. The van der Waals surface area contributed by atoms with Crippen LogP contribution in [0.15, 0.2) is 30.5 Å². The van der Waals surface area contributed by atoms with Crippen LogP contribution in [0.5, 0.6) is 0 Å². The molecule has 0 saturated heterocycles. The zero-order valence-corrected chi connectivity index (χ0v) is 12.5. The Morgan fingerprint density at radius 3 is 2.86 bits per heavy atom. The largest absolute Gasteiger partial charge is 0.306 e. The third kappa shape index (κ3) is 3.63. The maximum atomic E-state index is 11.8. The van der Waals surface area contributed by atoms with Crippen molar-refractivity contribution in [1.82, 2.24) is 9.78 Å². The predicted octanol–water partition coefficient (Wildman–Crippen LogP) is 3.25. The number of carbonyl (C=O) groups is 1. The number of nitrogens with one attached hydrogen (secondary N) is 1. The van der Waals surface area contributed by atoms with Gasteiger partial charge in [0.15, 0.2) is 0 Å². The lowest BCUT2D eigenvalue weighted by molar-refractivity contribution is -0.111. The van der Waals surface area contributed by atoms with Crippen molar-refractivity contribution in [2.45, 2.75) is 0 Å². The van der Waals surface area contributed by atoms with E-state index >= 15 is 0 Å². The lowest BCUT2D eigenvalue weighted by Crippen LogP contribution is -2.12. The molecule has 1 heterocycles. The van der Waals surface area contributed by atoms with Crippen LogP contribution in [-0.4, -0.2) is 15.7 Å². The van der Waals surface area contributed by atoms with E-state index in [-0.39, 0.29) is 5.91 Å². The number of aromatic nitrogens is 2. The van der Waals surface area contributed by atoms with Gasteiger partial charge in [-0.2, -0.15) is 10.4 Å². The van der Waals surface area contributed by atoms with Crippen molar-refractivity contribution in [2.75, 3.05) is 5.32 Å². The highest BCUT2D eigenvalue weighted by Crippen LogP contribution is 2.23. The SMILES string of the molecule is Cn1ncc(C#N)c1NC(=O)/C=C/c1ccc(Cl)c(Cl)c1. The molecular formula is C14H10Cl2N4O. The number of halogens is 2. The van der Waals surface area contributed by atoms with Gasteiger partial charge >= 0.3 is 0 Å². The summed E-state index contributed by atoms with van der Waals surface area (Å²) in [4.78, 5) is 11.8. The second-order valence-corrected chi connectivity index (χ2v) is 4.95. The minimum absolute atomic E-state index is 0.300. The van der Waals surface area contributed by atoms with E-state index in [0.717, 1.165) is 5.56 Å². The Labute approximate surface area is 131 Å². The van der Waals surface area contributed by atoms with Crippen molar-refractivity contribution in [1.29, 1.82) is 5.26 Å². The Balaban J connectivity index is 2.11. The van der Waals surface area contributed by atoms with E-state index < -0.39 is 0 Å². The number of carbonyl (C=O) groups excluding carboxylic acids is 1. The van der Waals surface area contributed by atoms with Crippen molar-refractivity contribution >= 4 is 41.0 Å². The average Bonchev–Trinajstić information content (AvgIpc) is 2.81. The fraction of sp³-hybridized carbons (Fsp3) is 0.0714. The van der Waals surface area contributed by atoms with Crippen molar-refractivity contribution in [3.63, 3.8) is 0 Å². The lowest BCUT2D eigenvalue weighted by atomic mass is 10.2. The molecule has 0 fully saturated rings. The van der Waals surface area contributed by atoms with Crippen molar-refractivity contribution in [2.24, 2.45) is 7.05 Å². The predicted molar refractivity (Wildman–Crippen MR) is 82.0 cm³/mol. The summed E-state index contributed by atoms with van der Waals surface area (Å²) < 4.78 is 1.42. The molecule has 0 bridgehead atoms. The summed E-state index contributed by atoms with van der Waals surface area (Å²) in [6, 6.07) is 6.99. The Morgan fingerprint density at radius 2 is 2.19 bits per heavy atom. The van der Waals surface area contributed by atoms with Gasteiger partial charge in [0, 0.05) is 13.1 Å². The van der Waals surface area contributed by atoms with Crippen LogP contribution in [0.2, 0.25) is 10.0 Å². The maximum absolute atomic E-state index is 11.8. The zero-order chi connectivity index (χ0) is 15.4. The molecule has 0 spiro atoms. The molecule has 1 N–H and O–H groups in total. The van der Waals surface area contributed by atoms with E-state index in [1.54, 1.807) is 31.3 Å². The standard InChI is InChI=1S/C14H10Cl2N4O/c1-20-14(10(7-17)8-18-20)19-13(21)5-3-9-2-4-11(15)12(16)6-9/h2-6,8H,1H3,(H,19,21)/b5-3+. The summed E-state index contributed by atoms with van der Waals surface area (Å²) in [6.07, 6.45) is 4.33. The highest BCUT2D eigenvalue weighted by atomic mass is 35.5. The van der Waals surface area contributed by atoms with E-state index in [9.17, 15) is 4.79 Å². The Hall–Kier alpha value is -2.29. The molecule has 1 amide bonds. The third-order valence-corrected chi connectivity index (χ3v) is 3.41. The molecule has 0 saturated carbocycles. The van der Waals surface area contributed by atoms with Gasteiger partial charge in [-0.1, -0.05) is 29.3 Å².